The second kappa shape index (κ2) is 10.7. The van der Waals surface area contributed by atoms with Crippen LogP contribution in [-0.4, -0.2) is 28.8 Å². The van der Waals surface area contributed by atoms with Crippen molar-refractivity contribution in [2.45, 2.75) is 39.0 Å². The monoisotopic (exact) mass is 528 g/mol. The van der Waals surface area contributed by atoms with Crippen LogP contribution in [-0.2, 0) is 0 Å². The molecule has 3 aromatic carbocycles. The lowest BCUT2D eigenvalue weighted by Gasteiger charge is -2.57. The Balaban J connectivity index is 1.45. The van der Waals surface area contributed by atoms with Gasteiger partial charge in [-0.25, -0.2) is 0 Å². The maximum Gasteiger partial charge on any atom is 0.288 e. The molecule has 5 nitrogen and oxygen atoms in total. The second-order valence-electron chi connectivity index (χ2n) is 11.1. The van der Waals surface area contributed by atoms with Crippen LogP contribution in [0.2, 0.25) is 5.02 Å². The van der Waals surface area contributed by atoms with Gasteiger partial charge >= 0.3 is 0 Å². The summed E-state index contributed by atoms with van der Waals surface area (Å²) in [6.45, 7) is 5.72. The van der Waals surface area contributed by atoms with Crippen LogP contribution >= 0.6 is 11.6 Å². The topological polar surface area (TPSA) is 63.5 Å². The molecular weight excluding hydrogens is 496 g/mol. The highest BCUT2D eigenvalue weighted by molar-refractivity contribution is 6.32. The Hall–Kier alpha value is -3.44. The van der Waals surface area contributed by atoms with E-state index in [1.807, 2.05) is 41.3 Å². The van der Waals surface area contributed by atoms with Crippen molar-refractivity contribution in [2.75, 3.05) is 13.1 Å². The summed E-state index contributed by atoms with van der Waals surface area (Å²) in [7, 11) is 0. The Morgan fingerprint density at radius 3 is 2.24 bits per heavy atom. The maximum atomic E-state index is 13.9. The predicted molar refractivity (Wildman–Crippen MR) is 151 cm³/mol. The van der Waals surface area contributed by atoms with Gasteiger partial charge in [-0.2, -0.15) is 0 Å². The molecule has 1 fully saturated rings. The van der Waals surface area contributed by atoms with Crippen molar-refractivity contribution in [1.82, 2.24) is 4.90 Å². The van der Waals surface area contributed by atoms with Gasteiger partial charge < -0.3 is 4.90 Å². The molecule has 3 aliphatic carbocycles. The Labute approximate surface area is 229 Å². The number of nitro benzene ring substituents is 1. The van der Waals surface area contributed by atoms with Crippen molar-refractivity contribution < 1.29 is 9.72 Å². The van der Waals surface area contributed by atoms with E-state index in [1.54, 1.807) is 6.07 Å². The average Bonchev–Trinajstić information content (AvgIpc) is 2.93. The van der Waals surface area contributed by atoms with Crippen molar-refractivity contribution in [1.29, 1.82) is 0 Å². The largest absolute Gasteiger partial charge is 0.335 e. The van der Waals surface area contributed by atoms with Crippen LogP contribution in [0.25, 0.3) is 0 Å². The molecule has 2 unspecified atom stereocenters. The number of nitro groups is 1. The van der Waals surface area contributed by atoms with Crippen LogP contribution in [0.4, 0.5) is 5.69 Å². The fourth-order valence-corrected chi connectivity index (χ4v) is 6.46. The van der Waals surface area contributed by atoms with Gasteiger partial charge in [0.05, 0.1) is 4.92 Å². The lowest BCUT2D eigenvalue weighted by atomic mass is 9.49. The molecule has 38 heavy (non-hydrogen) atoms. The van der Waals surface area contributed by atoms with E-state index < -0.39 is 4.92 Å². The van der Waals surface area contributed by atoms with Gasteiger partial charge in [-0.1, -0.05) is 97.8 Å². The van der Waals surface area contributed by atoms with E-state index in [9.17, 15) is 14.9 Å². The summed E-state index contributed by atoms with van der Waals surface area (Å²) in [5.74, 6) is 1.09. The lowest BCUT2D eigenvalue weighted by molar-refractivity contribution is -0.384. The van der Waals surface area contributed by atoms with Crippen molar-refractivity contribution in [2.24, 2.45) is 17.3 Å². The molecule has 1 saturated carbocycles. The predicted octanol–water partition coefficient (Wildman–Crippen LogP) is 7.91. The molecule has 0 aliphatic heterocycles. The van der Waals surface area contributed by atoms with E-state index in [-0.39, 0.29) is 28.0 Å². The summed E-state index contributed by atoms with van der Waals surface area (Å²) >= 11 is 6.05. The highest BCUT2D eigenvalue weighted by atomic mass is 35.5. The highest BCUT2D eigenvalue weighted by Gasteiger charge is 2.51. The van der Waals surface area contributed by atoms with Gasteiger partial charge in [0.25, 0.3) is 11.6 Å². The van der Waals surface area contributed by atoms with Crippen LogP contribution in [0, 0.1) is 27.4 Å². The Morgan fingerprint density at radius 1 is 1.05 bits per heavy atom. The average molecular weight is 529 g/mol. The van der Waals surface area contributed by atoms with Crippen LogP contribution < -0.4 is 0 Å². The molecule has 196 valence electrons. The number of halogens is 1. The molecule has 0 heterocycles. The zero-order valence-electron chi connectivity index (χ0n) is 21.8. The van der Waals surface area contributed by atoms with E-state index >= 15 is 0 Å². The van der Waals surface area contributed by atoms with Crippen molar-refractivity contribution >= 4 is 23.2 Å². The summed E-state index contributed by atoms with van der Waals surface area (Å²) in [4.78, 5) is 26.8. The quantitative estimate of drug-likeness (QED) is 0.161. The first-order valence-electron chi connectivity index (χ1n) is 13.3. The first-order valence-corrected chi connectivity index (χ1v) is 13.7. The van der Waals surface area contributed by atoms with Gasteiger partial charge in [0.1, 0.15) is 5.02 Å². The van der Waals surface area contributed by atoms with Crippen LogP contribution in [0.15, 0.2) is 90.5 Å². The smallest absolute Gasteiger partial charge is 0.288 e. The summed E-state index contributed by atoms with van der Waals surface area (Å²) < 4.78 is 0. The van der Waals surface area contributed by atoms with E-state index in [0.29, 0.717) is 30.5 Å². The molecular formula is C32H33ClN2O3. The summed E-state index contributed by atoms with van der Waals surface area (Å²) in [6.07, 6.45) is 5.27. The molecule has 0 spiro atoms. The number of fused-ring (bicyclic) bond motifs is 1. The first kappa shape index (κ1) is 26.2. The Kier molecular flexibility index (Phi) is 7.40. The van der Waals surface area contributed by atoms with E-state index in [4.69, 9.17) is 11.6 Å². The molecule has 0 N–H and O–H groups in total. The highest BCUT2D eigenvalue weighted by Crippen LogP contribution is 2.59. The van der Waals surface area contributed by atoms with Crippen LogP contribution in [0.1, 0.15) is 60.5 Å². The second-order valence-corrected chi connectivity index (χ2v) is 11.5. The molecule has 3 aromatic rings. The molecule has 6 rings (SSSR count). The molecule has 6 heteroatoms. The summed E-state index contributed by atoms with van der Waals surface area (Å²) in [6, 6.07) is 25.1. The number of benzene rings is 3. The fraction of sp³-hybridized carbons (Fsp3) is 0.344. The number of rotatable bonds is 9. The van der Waals surface area contributed by atoms with E-state index in [0.717, 1.165) is 12.8 Å². The van der Waals surface area contributed by atoms with Gasteiger partial charge in [0.15, 0.2) is 0 Å². The molecule has 0 aromatic heterocycles. The Bertz CT molecular complexity index is 1310. The minimum atomic E-state index is -0.537. The summed E-state index contributed by atoms with van der Waals surface area (Å²) in [5, 5.41) is 11.6. The third-order valence-corrected chi connectivity index (χ3v) is 9.04. The zero-order valence-corrected chi connectivity index (χ0v) is 22.6. The fourth-order valence-electron chi connectivity index (χ4n) is 6.28. The maximum absolute atomic E-state index is 13.9. The van der Waals surface area contributed by atoms with Gasteiger partial charge in [0, 0.05) is 30.6 Å². The third kappa shape index (κ3) is 5.12. The number of hydrogen-bond acceptors (Lipinski definition) is 3. The minimum Gasteiger partial charge on any atom is -0.335 e. The lowest BCUT2D eigenvalue weighted by Crippen LogP contribution is -2.50. The number of hydrogen-bond donors (Lipinski definition) is 0. The minimum absolute atomic E-state index is 0.0311. The van der Waals surface area contributed by atoms with Gasteiger partial charge in [-0.05, 0) is 59.8 Å². The molecule has 0 radical (unpaired) electrons. The Morgan fingerprint density at radius 2 is 1.68 bits per heavy atom. The first-order chi connectivity index (χ1) is 18.3. The molecule has 2 bridgehead atoms. The van der Waals surface area contributed by atoms with Gasteiger partial charge in [-0.15, -0.1) is 0 Å². The van der Waals surface area contributed by atoms with Crippen LogP contribution in [0.3, 0.4) is 0 Å². The van der Waals surface area contributed by atoms with Gasteiger partial charge in [-0.3, -0.25) is 14.9 Å². The molecule has 0 saturated heterocycles. The molecule has 2 atom stereocenters. The van der Waals surface area contributed by atoms with Crippen LogP contribution in [0.5, 0.6) is 0 Å². The van der Waals surface area contributed by atoms with Gasteiger partial charge in [0.2, 0.25) is 0 Å². The standard InChI is InChI=1S/C32H33ClN2O3/c1-32(2)26-15-13-25(28(32)20-26)21-34(31(36)24-14-16-29(33)30(19-24)35(37)38)18-17-27(22-9-5-3-6-10-22)23-11-7-4-8-12-23/h3-14,16,19,26-28H,15,17-18,20-21H2,1-2H3. The number of allylic oxidation sites excluding steroid dienone is 1. The van der Waals surface area contributed by atoms with Crippen molar-refractivity contribution in [3.05, 3.63) is 122 Å². The normalized spacial score (nSPS) is 19.4. The van der Waals surface area contributed by atoms with Crippen molar-refractivity contribution in [3.63, 3.8) is 0 Å². The van der Waals surface area contributed by atoms with E-state index in [2.05, 4.69) is 44.2 Å². The SMILES string of the molecule is CC1(C)C2CC=C(CN(CCC(c3ccccc3)c3ccccc3)C(=O)c3ccc(Cl)c([N+](=O)[O-])c3)C1C2. The summed E-state index contributed by atoms with van der Waals surface area (Å²) in [5.41, 5.74) is 4.00. The van der Waals surface area contributed by atoms with Crippen molar-refractivity contribution in [3.8, 4) is 0 Å². The number of carbonyl (C=O) groups excluding carboxylic acids is 1. The molecule has 1 amide bonds. The third-order valence-electron chi connectivity index (χ3n) is 8.72. The van der Waals surface area contributed by atoms with E-state index in [1.165, 1.54) is 35.3 Å². The number of carbonyl (C=O) groups is 1. The zero-order chi connectivity index (χ0) is 26.9. The number of amides is 1. The molecule has 3 aliphatic rings. The number of nitrogens with zero attached hydrogens (tertiary/aromatic N) is 2.